The number of nitriles is 1. The molecule has 1 atom stereocenters. The normalized spacial score (nSPS) is 22.0. The number of nitrogens with zero attached hydrogens (tertiary/aromatic N) is 1. The maximum Gasteiger partial charge on any atom is 0.231 e. The number of carbonyl (C=O) groups is 1. The lowest BCUT2D eigenvalue weighted by atomic mass is 9.77. The molecule has 106 valence electrons. The number of nitrogens with one attached hydrogen (secondary N) is 2. The van der Waals surface area contributed by atoms with E-state index in [9.17, 15) is 4.79 Å². The molecule has 0 bridgehead atoms. The SMILES string of the molecule is CCC1(C(=O)Nc2ccc(CC#N)cc2)CCCNC1. The molecule has 1 aliphatic rings. The first-order valence-corrected chi connectivity index (χ1v) is 7.18. The Hall–Kier alpha value is -1.86. The third kappa shape index (κ3) is 3.17. The zero-order valence-corrected chi connectivity index (χ0v) is 11.9. The van der Waals surface area contributed by atoms with Crippen molar-refractivity contribution in [3.05, 3.63) is 29.8 Å². The first-order valence-electron chi connectivity index (χ1n) is 7.18. The van der Waals surface area contributed by atoms with Gasteiger partial charge in [-0.3, -0.25) is 4.79 Å². The minimum Gasteiger partial charge on any atom is -0.326 e. The molecule has 4 nitrogen and oxygen atoms in total. The van der Waals surface area contributed by atoms with Crippen LogP contribution in [-0.2, 0) is 11.2 Å². The van der Waals surface area contributed by atoms with E-state index in [0.717, 1.165) is 43.6 Å². The first-order chi connectivity index (χ1) is 9.70. The minimum atomic E-state index is -0.288. The Morgan fingerprint density at radius 1 is 1.45 bits per heavy atom. The van der Waals surface area contributed by atoms with Gasteiger partial charge in [-0.2, -0.15) is 5.26 Å². The Labute approximate surface area is 120 Å². The molecule has 1 unspecified atom stereocenters. The Kier molecular flexibility index (Phi) is 4.75. The van der Waals surface area contributed by atoms with Crippen LogP contribution >= 0.6 is 0 Å². The van der Waals surface area contributed by atoms with Crippen molar-refractivity contribution in [1.29, 1.82) is 5.26 Å². The average molecular weight is 271 g/mol. The van der Waals surface area contributed by atoms with E-state index < -0.39 is 0 Å². The second-order valence-electron chi connectivity index (χ2n) is 5.40. The van der Waals surface area contributed by atoms with Crippen molar-refractivity contribution in [2.45, 2.75) is 32.6 Å². The summed E-state index contributed by atoms with van der Waals surface area (Å²) < 4.78 is 0. The van der Waals surface area contributed by atoms with Gasteiger partial charge < -0.3 is 10.6 Å². The lowest BCUT2D eigenvalue weighted by Crippen LogP contribution is -2.47. The Bertz CT molecular complexity index is 495. The van der Waals surface area contributed by atoms with Gasteiger partial charge in [0.1, 0.15) is 0 Å². The fourth-order valence-corrected chi connectivity index (χ4v) is 2.68. The summed E-state index contributed by atoms with van der Waals surface area (Å²) in [6, 6.07) is 9.62. The van der Waals surface area contributed by atoms with Gasteiger partial charge in [0.15, 0.2) is 0 Å². The summed E-state index contributed by atoms with van der Waals surface area (Å²) in [5.41, 5.74) is 1.48. The molecular weight excluding hydrogens is 250 g/mol. The van der Waals surface area contributed by atoms with Crippen LogP contribution in [0.3, 0.4) is 0 Å². The number of rotatable bonds is 4. The number of anilines is 1. The second-order valence-corrected chi connectivity index (χ2v) is 5.40. The number of carbonyl (C=O) groups excluding carboxylic acids is 1. The molecule has 0 aliphatic carbocycles. The highest BCUT2D eigenvalue weighted by atomic mass is 16.2. The summed E-state index contributed by atoms with van der Waals surface area (Å²) in [7, 11) is 0. The van der Waals surface area contributed by atoms with Crippen LogP contribution in [0.5, 0.6) is 0 Å². The third-order valence-electron chi connectivity index (χ3n) is 4.13. The van der Waals surface area contributed by atoms with Gasteiger partial charge in [-0.15, -0.1) is 0 Å². The van der Waals surface area contributed by atoms with Crippen LogP contribution in [0, 0.1) is 16.7 Å². The van der Waals surface area contributed by atoms with Crippen molar-refractivity contribution in [1.82, 2.24) is 5.32 Å². The van der Waals surface area contributed by atoms with Crippen LogP contribution in [0.4, 0.5) is 5.69 Å². The van der Waals surface area contributed by atoms with Crippen LogP contribution in [0.25, 0.3) is 0 Å². The fraction of sp³-hybridized carbons (Fsp3) is 0.500. The molecule has 1 fully saturated rings. The molecule has 2 rings (SSSR count). The molecule has 1 amide bonds. The van der Waals surface area contributed by atoms with Crippen LogP contribution < -0.4 is 10.6 Å². The van der Waals surface area contributed by atoms with E-state index in [1.165, 1.54) is 0 Å². The van der Waals surface area contributed by atoms with Gasteiger partial charge in [-0.1, -0.05) is 19.1 Å². The molecule has 1 aliphatic heterocycles. The summed E-state index contributed by atoms with van der Waals surface area (Å²) in [6.07, 6.45) is 3.23. The van der Waals surface area contributed by atoms with Crippen LogP contribution in [0.15, 0.2) is 24.3 Å². The summed E-state index contributed by atoms with van der Waals surface area (Å²) in [6.45, 7) is 3.82. The van der Waals surface area contributed by atoms with E-state index in [-0.39, 0.29) is 11.3 Å². The van der Waals surface area contributed by atoms with Crippen molar-refractivity contribution in [3.63, 3.8) is 0 Å². The highest BCUT2D eigenvalue weighted by Crippen LogP contribution is 2.31. The van der Waals surface area contributed by atoms with E-state index in [2.05, 4.69) is 23.6 Å². The first kappa shape index (κ1) is 14.5. The molecule has 2 N–H and O–H groups in total. The molecule has 1 aromatic carbocycles. The average Bonchev–Trinajstić information content (AvgIpc) is 2.50. The fourth-order valence-electron chi connectivity index (χ4n) is 2.68. The van der Waals surface area contributed by atoms with Gasteiger partial charge in [-0.25, -0.2) is 0 Å². The monoisotopic (exact) mass is 271 g/mol. The minimum absolute atomic E-state index is 0.0974. The zero-order valence-electron chi connectivity index (χ0n) is 11.9. The highest BCUT2D eigenvalue weighted by Gasteiger charge is 2.37. The molecular formula is C16H21N3O. The summed E-state index contributed by atoms with van der Waals surface area (Å²) in [5, 5.41) is 15.0. The topological polar surface area (TPSA) is 64.9 Å². The summed E-state index contributed by atoms with van der Waals surface area (Å²) in [5.74, 6) is 0.0974. The number of amides is 1. The number of piperidine rings is 1. The van der Waals surface area contributed by atoms with E-state index in [4.69, 9.17) is 5.26 Å². The molecule has 1 aromatic rings. The highest BCUT2D eigenvalue weighted by molar-refractivity contribution is 5.95. The van der Waals surface area contributed by atoms with Crippen molar-refractivity contribution < 1.29 is 4.79 Å². The van der Waals surface area contributed by atoms with Gasteiger partial charge >= 0.3 is 0 Å². The lowest BCUT2D eigenvalue weighted by Gasteiger charge is -2.35. The predicted molar refractivity (Wildman–Crippen MR) is 79.2 cm³/mol. The number of benzene rings is 1. The van der Waals surface area contributed by atoms with E-state index in [1.54, 1.807) is 0 Å². The van der Waals surface area contributed by atoms with Gasteiger partial charge in [0.2, 0.25) is 5.91 Å². The Morgan fingerprint density at radius 2 is 2.20 bits per heavy atom. The molecule has 1 saturated heterocycles. The molecule has 4 heteroatoms. The second kappa shape index (κ2) is 6.53. The molecule has 0 saturated carbocycles. The Balaban J connectivity index is 2.04. The lowest BCUT2D eigenvalue weighted by molar-refractivity contribution is -0.126. The zero-order chi connectivity index (χ0) is 14.4. The van der Waals surface area contributed by atoms with Crippen LogP contribution in [0.2, 0.25) is 0 Å². The quantitative estimate of drug-likeness (QED) is 0.884. The van der Waals surface area contributed by atoms with Crippen molar-refractivity contribution in [2.24, 2.45) is 5.41 Å². The smallest absolute Gasteiger partial charge is 0.231 e. The maximum absolute atomic E-state index is 12.5. The molecule has 1 heterocycles. The van der Waals surface area contributed by atoms with Crippen molar-refractivity contribution in [2.75, 3.05) is 18.4 Å². The summed E-state index contributed by atoms with van der Waals surface area (Å²) >= 11 is 0. The number of hydrogen-bond acceptors (Lipinski definition) is 3. The largest absolute Gasteiger partial charge is 0.326 e. The van der Waals surface area contributed by atoms with Gasteiger partial charge in [0, 0.05) is 12.2 Å². The van der Waals surface area contributed by atoms with Gasteiger partial charge in [0.25, 0.3) is 0 Å². The van der Waals surface area contributed by atoms with Crippen LogP contribution in [-0.4, -0.2) is 19.0 Å². The molecule has 0 radical (unpaired) electrons. The van der Waals surface area contributed by atoms with E-state index in [1.807, 2.05) is 24.3 Å². The molecule has 0 spiro atoms. The van der Waals surface area contributed by atoms with Gasteiger partial charge in [-0.05, 0) is 43.5 Å². The van der Waals surface area contributed by atoms with Crippen LogP contribution in [0.1, 0.15) is 31.7 Å². The molecule has 20 heavy (non-hydrogen) atoms. The van der Waals surface area contributed by atoms with Crippen molar-refractivity contribution >= 4 is 11.6 Å². The summed E-state index contributed by atoms with van der Waals surface area (Å²) in [4.78, 5) is 12.5. The maximum atomic E-state index is 12.5. The Morgan fingerprint density at radius 3 is 2.75 bits per heavy atom. The van der Waals surface area contributed by atoms with Gasteiger partial charge in [0.05, 0.1) is 17.9 Å². The van der Waals surface area contributed by atoms with E-state index in [0.29, 0.717) is 6.42 Å². The molecule has 0 aromatic heterocycles. The van der Waals surface area contributed by atoms with Crippen molar-refractivity contribution in [3.8, 4) is 6.07 Å². The third-order valence-corrected chi connectivity index (χ3v) is 4.13. The predicted octanol–water partition coefficient (Wildman–Crippen LogP) is 2.47. The van der Waals surface area contributed by atoms with E-state index >= 15 is 0 Å². The standard InChI is InChI=1S/C16H21N3O/c1-2-16(9-3-11-18-12-16)15(20)19-14-6-4-13(5-7-14)8-10-17/h4-7,18H,2-3,8-9,11-12H2,1H3,(H,19,20). The number of hydrogen-bond donors (Lipinski definition) is 2.